The molecule has 0 radical (unpaired) electrons. The number of benzene rings is 2. The summed E-state index contributed by atoms with van der Waals surface area (Å²) in [5, 5.41) is 11.3. The molecule has 6 nitrogen and oxygen atoms in total. The van der Waals surface area contributed by atoms with E-state index in [1.165, 1.54) is 36.4 Å². The summed E-state index contributed by atoms with van der Waals surface area (Å²) in [6.45, 7) is -0.406. The summed E-state index contributed by atoms with van der Waals surface area (Å²) in [5.74, 6) is -1.93. The van der Waals surface area contributed by atoms with E-state index in [9.17, 15) is 22.8 Å². The second-order valence-electron chi connectivity index (χ2n) is 4.74. The van der Waals surface area contributed by atoms with E-state index in [1.54, 1.807) is 0 Å². The number of carbonyl (C=O) groups is 2. The van der Waals surface area contributed by atoms with Crippen molar-refractivity contribution in [2.75, 3.05) is 11.9 Å². The first-order valence-corrected chi connectivity index (χ1v) is 6.85. The highest BCUT2D eigenvalue weighted by atomic mass is 19.4. The number of halogens is 3. The molecule has 0 aliphatic rings. The summed E-state index contributed by atoms with van der Waals surface area (Å²) in [6.07, 6.45) is -4.78. The van der Waals surface area contributed by atoms with Crippen molar-refractivity contribution in [2.45, 2.75) is 6.36 Å². The number of rotatable bonds is 6. The average Bonchev–Trinajstić information content (AvgIpc) is 2.53. The van der Waals surface area contributed by atoms with Crippen LogP contribution in [0.3, 0.4) is 0 Å². The lowest BCUT2D eigenvalue weighted by Gasteiger charge is -2.10. The molecule has 0 atom stereocenters. The maximum Gasteiger partial charge on any atom is 0.573 e. The highest BCUT2D eigenvalue weighted by Gasteiger charge is 2.30. The van der Waals surface area contributed by atoms with Crippen molar-refractivity contribution in [3.05, 3.63) is 54.1 Å². The van der Waals surface area contributed by atoms with Gasteiger partial charge in [-0.1, -0.05) is 6.07 Å². The summed E-state index contributed by atoms with van der Waals surface area (Å²) >= 11 is 0. The molecule has 2 N–H and O–H groups in total. The smallest absolute Gasteiger partial charge is 0.484 e. The van der Waals surface area contributed by atoms with Crippen molar-refractivity contribution in [1.29, 1.82) is 0 Å². The minimum absolute atomic E-state index is 0.0129. The molecule has 132 valence electrons. The minimum Gasteiger partial charge on any atom is -0.484 e. The van der Waals surface area contributed by atoms with E-state index in [0.717, 1.165) is 12.1 Å². The van der Waals surface area contributed by atoms with Gasteiger partial charge in [-0.2, -0.15) is 0 Å². The Labute approximate surface area is 139 Å². The Hall–Kier alpha value is -3.23. The van der Waals surface area contributed by atoms with E-state index in [-0.39, 0.29) is 17.0 Å². The molecule has 9 heteroatoms. The van der Waals surface area contributed by atoms with Crippen LogP contribution in [0.25, 0.3) is 0 Å². The van der Waals surface area contributed by atoms with Crippen LogP contribution in [-0.2, 0) is 4.79 Å². The molecule has 2 aromatic rings. The molecule has 25 heavy (non-hydrogen) atoms. The zero-order valence-corrected chi connectivity index (χ0v) is 12.5. The fourth-order valence-electron chi connectivity index (χ4n) is 1.81. The average molecular weight is 355 g/mol. The maximum atomic E-state index is 12.0. The Morgan fingerprint density at radius 3 is 2.28 bits per heavy atom. The van der Waals surface area contributed by atoms with Gasteiger partial charge in [-0.05, 0) is 42.5 Å². The lowest BCUT2D eigenvalue weighted by molar-refractivity contribution is -0.274. The number of carbonyl (C=O) groups excluding carboxylic acids is 1. The molecule has 1 amide bonds. The number of carboxylic acid groups (broad SMARTS) is 1. The van der Waals surface area contributed by atoms with Gasteiger partial charge < -0.3 is 19.9 Å². The van der Waals surface area contributed by atoms with Crippen molar-refractivity contribution in [2.24, 2.45) is 0 Å². The zero-order valence-electron chi connectivity index (χ0n) is 12.5. The highest BCUT2D eigenvalue weighted by Crippen LogP contribution is 2.24. The maximum absolute atomic E-state index is 12.0. The molecule has 0 saturated carbocycles. The van der Waals surface area contributed by atoms with Crippen LogP contribution in [0.4, 0.5) is 18.9 Å². The number of ether oxygens (including phenoxy) is 2. The third-order valence-electron chi connectivity index (χ3n) is 2.82. The van der Waals surface area contributed by atoms with Gasteiger partial charge in [0.1, 0.15) is 11.5 Å². The van der Waals surface area contributed by atoms with Crippen molar-refractivity contribution < 1.29 is 37.3 Å². The SMILES string of the molecule is O=C(COc1ccc(OC(F)(F)F)cc1)Nc1cccc(C(=O)O)c1. The third kappa shape index (κ3) is 6.05. The first-order chi connectivity index (χ1) is 11.7. The van der Waals surface area contributed by atoms with Crippen LogP contribution >= 0.6 is 0 Å². The summed E-state index contributed by atoms with van der Waals surface area (Å²) in [7, 11) is 0. The monoisotopic (exact) mass is 355 g/mol. The lowest BCUT2D eigenvalue weighted by atomic mass is 10.2. The predicted molar refractivity (Wildman–Crippen MR) is 80.7 cm³/mol. The molecule has 0 aliphatic heterocycles. The molecule has 0 bridgehead atoms. The Bertz CT molecular complexity index is 759. The molecule has 0 unspecified atom stereocenters. The van der Waals surface area contributed by atoms with Crippen LogP contribution in [0, 0.1) is 0 Å². The van der Waals surface area contributed by atoms with E-state index in [4.69, 9.17) is 9.84 Å². The number of alkyl halides is 3. The molecule has 0 saturated heterocycles. The van der Waals surface area contributed by atoms with Gasteiger partial charge in [0.05, 0.1) is 5.56 Å². The summed E-state index contributed by atoms with van der Waals surface area (Å²) in [5.41, 5.74) is 0.293. The van der Waals surface area contributed by atoms with Crippen molar-refractivity contribution in [3.8, 4) is 11.5 Å². The molecule has 2 aromatic carbocycles. The number of nitrogens with one attached hydrogen (secondary N) is 1. The van der Waals surface area contributed by atoms with E-state index in [0.29, 0.717) is 0 Å². The van der Waals surface area contributed by atoms with E-state index >= 15 is 0 Å². The van der Waals surface area contributed by atoms with Gasteiger partial charge in [-0.15, -0.1) is 13.2 Å². The van der Waals surface area contributed by atoms with Gasteiger partial charge >= 0.3 is 12.3 Å². The van der Waals surface area contributed by atoms with Gasteiger partial charge in [-0.25, -0.2) is 4.79 Å². The Kier molecular flexibility index (Phi) is 5.48. The Balaban J connectivity index is 1.87. The van der Waals surface area contributed by atoms with Gasteiger partial charge in [0.2, 0.25) is 0 Å². The lowest BCUT2D eigenvalue weighted by Crippen LogP contribution is -2.20. The molecule has 0 aromatic heterocycles. The van der Waals surface area contributed by atoms with Crippen LogP contribution in [0.15, 0.2) is 48.5 Å². The number of hydrogen-bond acceptors (Lipinski definition) is 4. The van der Waals surface area contributed by atoms with E-state index in [1.807, 2.05) is 0 Å². The fourth-order valence-corrected chi connectivity index (χ4v) is 1.81. The molecule has 0 spiro atoms. The van der Waals surface area contributed by atoms with Crippen molar-refractivity contribution >= 4 is 17.6 Å². The van der Waals surface area contributed by atoms with Gasteiger partial charge in [-0.3, -0.25) is 4.79 Å². The number of amides is 1. The zero-order chi connectivity index (χ0) is 18.4. The van der Waals surface area contributed by atoms with Crippen LogP contribution in [0.1, 0.15) is 10.4 Å². The normalized spacial score (nSPS) is 10.8. The predicted octanol–water partition coefficient (Wildman–Crippen LogP) is 3.30. The van der Waals surface area contributed by atoms with Gasteiger partial charge in [0.15, 0.2) is 6.61 Å². The Morgan fingerprint density at radius 1 is 1.04 bits per heavy atom. The topological polar surface area (TPSA) is 84.9 Å². The first kappa shape index (κ1) is 18.1. The number of carboxylic acids is 1. The largest absolute Gasteiger partial charge is 0.573 e. The van der Waals surface area contributed by atoms with Crippen molar-refractivity contribution in [3.63, 3.8) is 0 Å². The number of anilines is 1. The first-order valence-electron chi connectivity index (χ1n) is 6.85. The van der Waals surface area contributed by atoms with Crippen LogP contribution in [-0.4, -0.2) is 30.0 Å². The standard InChI is InChI=1S/C16H12F3NO5/c17-16(18,19)25-13-6-4-12(5-7-13)24-9-14(21)20-11-3-1-2-10(8-11)15(22)23/h1-8H,9H2,(H,20,21)(H,22,23). The molecule has 0 fully saturated rings. The molecule has 0 aliphatic carbocycles. The highest BCUT2D eigenvalue weighted by molar-refractivity contribution is 5.94. The minimum atomic E-state index is -4.78. The Morgan fingerprint density at radius 2 is 1.68 bits per heavy atom. The second-order valence-corrected chi connectivity index (χ2v) is 4.74. The van der Waals surface area contributed by atoms with Gasteiger partial charge in [0, 0.05) is 5.69 Å². The fraction of sp³-hybridized carbons (Fsp3) is 0.125. The summed E-state index contributed by atoms with van der Waals surface area (Å²) in [6, 6.07) is 10.2. The molecular weight excluding hydrogens is 343 g/mol. The number of aromatic carboxylic acids is 1. The summed E-state index contributed by atoms with van der Waals surface area (Å²) < 4.78 is 45.0. The number of hydrogen-bond donors (Lipinski definition) is 2. The quantitative estimate of drug-likeness (QED) is 0.831. The third-order valence-corrected chi connectivity index (χ3v) is 2.82. The van der Waals surface area contributed by atoms with Crippen LogP contribution in [0.5, 0.6) is 11.5 Å². The van der Waals surface area contributed by atoms with Crippen LogP contribution < -0.4 is 14.8 Å². The molecular formula is C16H12F3NO5. The van der Waals surface area contributed by atoms with Crippen molar-refractivity contribution in [1.82, 2.24) is 0 Å². The molecule has 2 rings (SSSR count). The van der Waals surface area contributed by atoms with E-state index < -0.39 is 30.6 Å². The van der Waals surface area contributed by atoms with E-state index in [2.05, 4.69) is 10.1 Å². The van der Waals surface area contributed by atoms with Crippen LogP contribution in [0.2, 0.25) is 0 Å². The molecule has 0 heterocycles. The summed E-state index contributed by atoms with van der Waals surface area (Å²) in [4.78, 5) is 22.6. The second kappa shape index (κ2) is 7.56. The van der Waals surface area contributed by atoms with Gasteiger partial charge in [0.25, 0.3) is 5.91 Å².